The van der Waals surface area contributed by atoms with Gasteiger partial charge in [-0.1, -0.05) is 0 Å². The third-order valence-corrected chi connectivity index (χ3v) is 3.50. The van der Waals surface area contributed by atoms with Crippen molar-refractivity contribution in [2.45, 2.75) is 31.2 Å². The molecule has 1 aromatic rings. The maximum absolute atomic E-state index is 11.6. The number of nitrogens with one attached hydrogen (secondary N) is 2. The number of carbonyl (C=O) groups excluding carboxylic acids is 1. The van der Waals surface area contributed by atoms with Crippen LogP contribution in [0.2, 0.25) is 0 Å². The normalized spacial score (nSPS) is 15.4. The fourth-order valence-corrected chi connectivity index (χ4v) is 2.36. The molecule has 0 aromatic carbocycles. The molecule has 4 N–H and O–H groups in total. The lowest BCUT2D eigenvalue weighted by Gasteiger charge is -2.12. The fraction of sp³-hybridized carbons (Fsp3) is 0.455. The lowest BCUT2D eigenvalue weighted by Crippen LogP contribution is -2.44. The number of carbonyl (C=O) groups is 3. The number of thiazole rings is 1. The van der Waals surface area contributed by atoms with E-state index in [2.05, 4.69) is 15.6 Å². The number of urea groups is 1. The quantitative estimate of drug-likeness (QED) is 0.622. The topological polar surface area (TPSA) is 129 Å². The molecular formula is C11H13N3O5S. The number of anilines is 1. The van der Waals surface area contributed by atoms with Crippen molar-refractivity contribution in [3.05, 3.63) is 11.1 Å². The molecule has 0 saturated heterocycles. The van der Waals surface area contributed by atoms with Gasteiger partial charge in [0.25, 0.3) is 0 Å². The first-order chi connectivity index (χ1) is 9.45. The number of aromatic nitrogens is 1. The van der Waals surface area contributed by atoms with Crippen LogP contribution in [-0.4, -0.2) is 39.2 Å². The summed E-state index contributed by atoms with van der Waals surface area (Å²) in [6.07, 6.45) is 1.50. The van der Waals surface area contributed by atoms with Gasteiger partial charge in [-0.15, -0.1) is 11.3 Å². The Labute approximate surface area is 117 Å². The maximum Gasteiger partial charge on any atom is 0.326 e. The maximum atomic E-state index is 11.6. The number of hydrogen-bond donors (Lipinski definition) is 4. The first-order valence-corrected chi connectivity index (χ1v) is 6.81. The van der Waals surface area contributed by atoms with Crippen LogP contribution in [-0.2, 0) is 9.59 Å². The number of carboxylic acids is 2. The van der Waals surface area contributed by atoms with Gasteiger partial charge in [0.15, 0.2) is 5.13 Å². The van der Waals surface area contributed by atoms with Crippen molar-refractivity contribution in [3.8, 4) is 0 Å². The molecule has 1 saturated carbocycles. The standard InChI is InChI=1S/C11H13N3O5S/c15-8(16)3-6(9(17)18)12-10(19)14-11-13-7(4-20-11)5-1-2-5/h4-6H,1-3H2,(H,15,16)(H,17,18)(H2,12,13,14,19)/t6-/m0/s1. The molecule has 2 amide bonds. The Morgan fingerprint density at radius 2 is 2.10 bits per heavy atom. The monoisotopic (exact) mass is 299 g/mol. The van der Waals surface area contributed by atoms with Gasteiger partial charge in [-0.2, -0.15) is 0 Å². The minimum atomic E-state index is -1.48. The van der Waals surface area contributed by atoms with Gasteiger partial charge in [0.05, 0.1) is 12.1 Å². The summed E-state index contributed by atoms with van der Waals surface area (Å²) in [7, 11) is 0. The highest BCUT2D eigenvalue weighted by Gasteiger charge is 2.27. The van der Waals surface area contributed by atoms with Crippen molar-refractivity contribution in [1.82, 2.24) is 10.3 Å². The Bertz CT molecular complexity index is 540. The van der Waals surface area contributed by atoms with Crippen LogP contribution in [0, 0.1) is 0 Å². The van der Waals surface area contributed by atoms with Gasteiger partial charge >= 0.3 is 18.0 Å². The molecule has 1 aliphatic rings. The zero-order valence-corrected chi connectivity index (χ0v) is 11.1. The summed E-state index contributed by atoms with van der Waals surface area (Å²) in [5, 5.41) is 24.1. The second-order valence-corrected chi connectivity index (χ2v) is 5.30. The Morgan fingerprint density at radius 1 is 1.40 bits per heavy atom. The van der Waals surface area contributed by atoms with Crippen LogP contribution in [0.3, 0.4) is 0 Å². The Kier molecular flexibility index (Phi) is 4.18. The van der Waals surface area contributed by atoms with Crippen LogP contribution < -0.4 is 10.6 Å². The zero-order chi connectivity index (χ0) is 14.7. The number of amides is 2. The van der Waals surface area contributed by atoms with Gasteiger partial charge in [0.1, 0.15) is 6.04 Å². The fourth-order valence-electron chi connectivity index (χ4n) is 1.58. The van der Waals surface area contributed by atoms with Crippen LogP contribution >= 0.6 is 11.3 Å². The summed E-state index contributed by atoms with van der Waals surface area (Å²) in [6, 6.07) is -2.26. The van der Waals surface area contributed by atoms with Gasteiger partial charge in [-0.05, 0) is 12.8 Å². The van der Waals surface area contributed by atoms with E-state index in [-0.39, 0.29) is 0 Å². The predicted molar refractivity (Wildman–Crippen MR) is 69.9 cm³/mol. The van der Waals surface area contributed by atoms with Crippen LogP contribution in [0.1, 0.15) is 30.9 Å². The summed E-state index contributed by atoms with van der Waals surface area (Å²) < 4.78 is 0. The smallest absolute Gasteiger partial charge is 0.326 e. The molecule has 8 nitrogen and oxygen atoms in total. The molecular weight excluding hydrogens is 286 g/mol. The lowest BCUT2D eigenvalue weighted by molar-refractivity contribution is -0.145. The average Bonchev–Trinajstić information content (AvgIpc) is 3.09. The summed E-state index contributed by atoms with van der Waals surface area (Å²) in [6.45, 7) is 0. The average molecular weight is 299 g/mol. The number of rotatable bonds is 6. The Morgan fingerprint density at radius 3 is 2.65 bits per heavy atom. The molecule has 0 unspecified atom stereocenters. The molecule has 2 rings (SSSR count). The van der Waals surface area contributed by atoms with E-state index in [0.717, 1.165) is 18.5 Å². The molecule has 1 atom stereocenters. The van der Waals surface area contributed by atoms with E-state index >= 15 is 0 Å². The number of hydrogen-bond acceptors (Lipinski definition) is 5. The van der Waals surface area contributed by atoms with Gasteiger partial charge in [0, 0.05) is 11.3 Å². The minimum absolute atomic E-state index is 0.365. The van der Waals surface area contributed by atoms with Crippen LogP contribution in [0.25, 0.3) is 0 Å². The summed E-state index contributed by atoms with van der Waals surface area (Å²) >= 11 is 1.25. The van der Waals surface area contributed by atoms with Gasteiger partial charge in [0.2, 0.25) is 0 Å². The van der Waals surface area contributed by atoms with E-state index in [0.29, 0.717) is 11.0 Å². The van der Waals surface area contributed by atoms with Crippen LogP contribution in [0.5, 0.6) is 0 Å². The number of aliphatic carboxylic acids is 2. The first kappa shape index (κ1) is 14.3. The molecule has 1 heterocycles. The first-order valence-electron chi connectivity index (χ1n) is 5.93. The van der Waals surface area contributed by atoms with Crippen molar-refractivity contribution < 1.29 is 24.6 Å². The van der Waals surface area contributed by atoms with E-state index in [1.165, 1.54) is 11.3 Å². The third kappa shape index (κ3) is 3.92. The van der Waals surface area contributed by atoms with Crippen molar-refractivity contribution in [3.63, 3.8) is 0 Å². The highest BCUT2D eigenvalue weighted by molar-refractivity contribution is 7.13. The molecule has 1 fully saturated rings. The van der Waals surface area contributed by atoms with E-state index in [1.807, 2.05) is 5.38 Å². The molecule has 0 radical (unpaired) electrons. The second kappa shape index (κ2) is 5.87. The molecule has 0 bridgehead atoms. The van der Waals surface area contributed by atoms with Crippen molar-refractivity contribution >= 4 is 34.4 Å². The third-order valence-electron chi connectivity index (χ3n) is 2.72. The van der Waals surface area contributed by atoms with Gasteiger partial charge < -0.3 is 15.5 Å². The molecule has 1 aliphatic carbocycles. The van der Waals surface area contributed by atoms with Crippen molar-refractivity contribution in [2.24, 2.45) is 0 Å². The van der Waals surface area contributed by atoms with Crippen LogP contribution in [0.4, 0.5) is 9.93 Å². The molecule has 0 aliphatic heterocycles. The summed E-state index contributed by atoms with van der Waals surface area (Å²) in [5.74, 6) is -2.24. The Hall–Kier alpha value is -2.16. The zero-order valence-electron chi connectivity index (χ0n) is 10.3. The molecule has 20 heavy (non-hydrogen) atoms. The molecule has 0 spiro atoms. The lowest BCUT2D eigenvalue weighted by atomic mass is 10.2. The van der Waals surface area contributed by atoms with Crippen molar-refractivity contribution in [1.29, 1.82) is 0 Å². The summed E-state index contributed by atoms with van der Waals surface area (Å²) in [5.41, 5.74) is 0.922. The highest BCUT2D eigenvalue weighted by atomic mass is 32.1. The van der Waals surface area contributed by atoms with E-state index in [4.69, 9.17) is 10.2 Å². The molecule has 1 aromatic heterocycles. The molecule has 9 heteroatoms. The van der Waals surface area contributed by atoms with E-state index in [1.54, 1.807) is 0 Å². The molecule has 108 valence electrons. The van der Waals surface area contributed by atoms with E-state index < -0.39 is 30.4 Å². The largest absolute Gasteiger partial charge is 0.481 e. The number of nitrogens with zero attached hydrogens (tertiary/aromatic N) is 1. The number of carboxylic acid groups (broad SMARTS) is 2. The van der Waals surface area contributed by atoms with Gasteiger partial charge in [-0.3, -0.25) is 10.1 Å². The van der Waals surface area contributed by atoms with E-state index in [9.17, 15) is 14.4 Å². The van der Waals surface area contributed by atoms with Crippen LogP contribution in [0.15, 0.2) is 5.38 Å². The highest BCUT2D eigenvalue weighted by Crippen LogP contribution is 2.40. The second-order valence-electron chi connectivity index (χ2n) is 4.44. The van der Waals surface area contributed by atoms with Gasteiger partial charge in [-0.25, -0.2) is 14.6 Å². The Balaban J connectivity index is 1.89. The predicted octanol–water partition coefficient (Wildman–Crippen LogP) is 1.07. The minimum Gasteiger partial charge on any atom is -0.481 e. The summed E-state index contributed by atoms with van der Waals surface area (Å²) in [4.78, 5) is 37.1. The van der Waals surface area contributed by atoms with Crippen molar-refractivity contribution in [2.75, 3.05) is 5.32 Å². The SMILES string of the molecule is O=C(O)C[C@H](NC(=O)Nc1nc(C2CC2)cs1)C(=O)O.